The molecule has 6 heteroatoms. The molecule has 3 amide bonds. The van der Waals surface area contributed by atoms with Gasteiger partial charge in [-0.15, -0.1) is 0 Å². The summed E-state index contributed by atoms with van der Waals surface area (Å²) in [5.74, 6) is 0.840. The number of carbonyl (C=O) groups excluding carboxylic acids is 2. The van der Waals surface area contributed by atoms with Crippen LogP contribution in [0.2, 0.25) is 0 Å². The highest BCUT2D eigenvalue weighted by atomic mass is 16.5. The molecule has 0 spiro atoms. The van der Waals surface area contributed by atoms with Crippen LogP contribution >= 0.6 is 0 Å². The van der Waals surface area contributed by atoms with E-state index in [-0.39, 0.29) is 17.9 Å². The molecule has 0 saturated carbocycles. The van der Waals surface area contributed by atoms with Crippen molar-refractivity contribution in [3.8, 4) is 11.5 Å². The second-order valence-corrected chi connectivity index (χ2v) is 6.02. The Morgan fingerprint density at radius 2 is 1.84 bits per heavy atom. The Bertz CT molecular complexity index is 749. The minimum absolute atomic E-state index is 0.196. The van der Waals surface area contributed by atoms with Crippen LogP contribution in [0.5, 0.6) is 11.5 Å². The maximum absolute atomic E-state index is 12.3. The SMILES string of the molecule is NC(=O)[C@H]1CCN(C(=O)NCc2ccccc2Oc2ccccc2)C1. The molecular formula is C19H21N3O3. The van der Waals surface area contributed by atoms with Crippen molar-refractivity contribution in [3.63, 3.8) is 0 Å². The largest absolute Gasteiger partial charge is 0.457 e. The minimum atomic E-state index is -0.350. The van der Waals surface area contributed by atoms with E-state index in [0.717, 1.165) is 11.3 Å². The molecule has 1 aliphatic rings. The van der Waals surface area contributed by atoms with Gasteiger partial charge >= 0.3 is 6.03 Å². The molecule has 3 N–H and O–H groups in total. The molecule has 0 unspecified atom stereocenters. The smallest absolute Gasteiger partial charge is 0.317 e. The topological polar surface area (TPSA) is 84.7 Å². The molecule has 2 aromatic rings. The van der Waals surface area contributed by atoms with Crippen molar-refractivity contribution in [1.29, 1.82) is 0 Å². The number of nitrogens with zero attached hydrogens (tertiary/aromatic N) is 1. The molecule has 0 bridgehead atoms. The van der Waals surface area contributed by atoms with Gasteiger partial charge in [0.1, 0.15) is 11.5 Å². The summed E-state index contributed by atoms with van der Waals surface area (Å²) >= 11 is 0. The van der Waals surface area contributed by atoms with Gasteiger partial charge in [-0.3, -0.25) is 4.79 Å². The number of amides is 3. The number of nitrogens with two attached hydrogens (primary N) is 1. The van der Waals surface area contributed by atoms with Crippen LogP contribution in [0.3, 0.4) is 0 Å². The summed E-state index contributed by atoms with van der Waals surface area (Å²) in [6.07, 6.45) is 0.621. The van der Waals surface area contributed by atoms with Crippen LogP contribution in [0.15, 0.2) is 54.6 Å². The van der Waals surface area contributed by atoms with Crippen molar-refractivity contribution in [2.45, 2.75) is 13.0 Å². The Kier molecular flexibility index (Phi) is 5.18. The first-order chi connectivity index (χ1) is 12.1. The van der Waals surface area contributed by atoms with Gasteiger partial charge in [0, 0.05) is 25.2 Å². The predicted octanol–water partition coefficient (Wildman–Crippen LogP) is 2.50. The molecule has 1 aliphatic heterocycles. The van der Waals surface area contributed by atoms with Gasteiger partial charge in [-0.05, 0) is 24.6 Å². The number of ether oxygens (including phenoxy) is 1. The molecular weight excluding hydrogens is 318 g/mol. The minimum Gasteiger partial charge on any atom is -0.457 e. The summed E-state index contributed by atoms with van der Waals surface area (Å²) in [5, 5.41) is 2.88. The van der Waals surface area contributed by atoms with E-state index in [1.165, 1.54) is 0 Å². The highest BCUT2D eigenvalue weighted by molar-refractivity contribution is 5.80. The first-order valence-corrected chi connectivity index (χ1v) is 8.26. The number of primary amides is 1. The lowest BCUT2D eigenvalue weighted by molar-refractivity contribution is -0.121. The van der Waals surface area contributed by atoms with Gasteiger partial charge in [-0.1, -0.05) is 36.4 Å². The van der Waals surface area contributed by atoms with E-state index in [1.807, 2.05) is 54.6 Å². The van der Waals surface area contributed by atoms with E-state index in [4.69, 9.17) is 10.5 Å². The molecule has 0 aromatic heterocycles. The van der Waals surface area contributed by atoms with Gasteiger partial charge in [-0.2, -0.15) is 0 Å². The Morgan fingerprint density at radius 3 is 2.56 bits per heavy atom. The fourth-order valence-electron chi connectivity index (χ4n) is 2.82. The monoisotopic (exact) mass is 339 g/mol. The first-order valence-electron chi connectivity index (χ1n) is 8.26. The van der Waals surface area contributed by atoms with E-state index in [9.17, 15) is 9.59 Å². The fourth-order valence-corrected chi connectivity index (χ4v) is 2.82. The number of para-hydroxylation sites is 2. The summed E-state index contributed by atoms with van der Waals surface area (Å²) in [6, 6.07) is 16.9. The number of urea groups is 1. The van der Waals surface area contributed by atoms with Gasteiger partial charge in [0.2, 0.25) is 5.91 Å². The van der Waals surface area contributed by atoms with E-state index in [0.29, 0.717) is 31.8 Å². The lowest BCUT2D eigenvalue weighted by Gasteiger charge is -2.18. The van der Waals surface area contributed by atoms with Crippen molar-refractivity contribution in [2.75, 3.05) is 13.1 Å². The standard InChI is InChI=1S/C19H21N3O3/c20-18(23)15-10-11-22(13-15)19(24)21-12-14-6-4-5-9-17(14)25-16-7-2-1-3-8-16/h1-9,15H,10-13H2,(H2,20,23)(H,21,24)/t15-/m0/s1. The van der Waals surface area contributed by atoms with Crippen LogP contribution in [0.1, 0.15) is 12.0 Å². The summed E-state index contributed by atoms with van der Waals surface area (Å²) in [4.78, 5) is 25.1. The van der Waals surface area contributed by atoms with Crippen molar-refractivity contribution in [1.82, 2.24) is 10.2 Å². The molecule has 130 valence electrons. The number of rotatable bonds is 5. The maximum Gasteiger partial charge on any atom is 0.317 e. The zero-order valence-corrected chi connectivity index (χ0v) is 13.9. The molecule has 0 radical (unpaired) electrons. The molecule has 1 heterocycles. The molecule has 1 fully saturated rings. The number of hydrogen-bond donors (Lipinski definition) is 2. The van der Waals surface area contributed by atoms with Gasteiger partial charge in [0.25, 0.3) is 0 Å². The highest BCUT2D eigenvalue weighted by Crippen LogP contribution is 2.25. The zero-order chi connectivity index (χ0) is 17.6. The summed E-state index contributed by atoms with van der Waals surface area (Å²) in [5.41, 5.74) is 6.18. The van der Waals surface area contributed by atoms with Crippen LogP contribution in [-0.4, -0.2) is 29.9 Å². The zero-order valence-electron chi connectivity index (χ0n) is 13.9. The molecule has 0 aliphatic carbocycles. The summed E-state index contributed by atoms with van der Waals surface area (Å²) < 4.78 is 5.89. The quantitative estimate of drug-likeness (QED) is 0.878. The molecule has 2 aromatic carbocycles. The number of nitrogens with one attached hydrogen (secondary N) is 1. The van der Waals surface area contributed by atoms with Gasteiger partial charge < -0.3 is 20.7 Å². The predicted molar refractivity (Wildman–Crippen MR) is 94.1 cm³/mol. The first kappa shape index (κ1) is 16.8. The van der Waals surface area contributed by atoms with Crippen molar-refractivity contribution in [2.24, 2.45) is 11.7 Å². The number of benzene rings is 2. The van der Waals surface area contributed by atoms with Crippen LogP contribution in [0.4, 0.5) is 4.79 Å². The average Bonchev–Trinajstić information content (AvgIpc) is 3.12. The average molecular weight is 339 g/mol. The third-order valence-electron chi connectivity index (χ3n) is 4.25. The molecule has 6 nitrogen and oxygen atoms in total. The van der Waals surface area contributed by atoms with Gasteiger partial charge in [-0.25, -0.2) is 4.79 Å². The van der Waals surface area contributed by atoms with Crippen molar-refractivity contribution >= 4 is 11.9 Å². The molecule has 3 rings (SSSR count). The van der Waals surface area contributed by atoms with E-state index < -0.39 is 0 Å². The Morgan fingerprint density at radius 1 is 1.12 bits per heavy atom. The third kappa shape index (κ3) is 4.29. The lowest BCUT2D eigenvalue weighted by atomic mass is 10.1. The summed E-state index contributed by atoms with van der Waals surface area (Å²) in [6.45, 7) is 1.27. The van der Waals surface area contributed by atoms with E-state index in [2.05, 4.69) is 5.32 Å². The Hall–Kier alpha value is -3.02. The lowest BCUT2D eigenvalue weighted by Crippen LogP contribution is -2.39. The number of likely N-dealkylation sites (tertiary alicyclic amines) is 1. The maximum atomic E-state index is 12.3. The van der Waals surface area contributed by atoms with Gasteiger partial charge in [0.05, 0.1) is 5.92 Å². The van der Waals surface area contributed by atoms with Crippen LogP contribution in [0.25, 0.3) is 0 Å². The Balaban J connectivity index is 1.60. The van der Waals surface area contributed by atoms with E-state index >= 15 is 0 Å². The summed E-state index contributed by atoms with van der Waals surface area (Å²) in [7, 11) is 0. The van der Waals surface area contributed by atoms with E-state index in [1.54, 1.807) is 4.90 Å². The second kappa shape index (κ2) is 7.70. The van der Waals surface area contributed by atoms with Crippen molar-refractivity contribution in [3.05, 3.63) is 60.2 Å². The van der Waals surface area contributed by atoms with Crippen LogP contribution in [-0.2, 0) is 11.3 Å². The Labute approximate surface area is 146 Å². The number of hydrogen-bond acceptors (Lipinski definition) is 3. The van der Waals surface area contributed by atoms with Crippen molar-refractivity contribution < 1.29 is 14.3 Å². The van der Waals surface area contributed by atoms with Crippen LogP contribution in [0, 0.1) is 5.92 Å². The number of carbonyl (C=O) groups is 2. The molecule has 1 atom stereocenters. The van der Waals surface area contributed by atoms with Gasteiger partial charge in [0.15, 0.2) is 0 Å². The highest BCUT2D eigenvalue weighted by Gasteiger charge is 2.29. The molecule has 25 heavy (non-hydrogen) atoms. The molecule has 1 saturated heterocycles. The fraction of sp³-hybridized carbons (Fsp3) is 0.263. The third-order valence-corrected chi connectivity index (χ3v) is 4.25. The second-order valence-electron chi connectivity index (χ2n) is 6.02. The van der Waals surface area contributed by atoms with Crippen LogP contribution < -0.4 is 15.8 Å². The normalized spacial score (nSPS) is 16.5.